The highest BCUT2D eigenvalue weighted by Crippen LogP contribution is 2.27. The summed E-state index contributed by atoms with van der Waals surface area (Å²) in [6.45, 7) is 4.48. The fraction of sp³-hybridized carbons (Fsp3) is 0.480. The summed E-state index contributed by atoms with van der Waals surface area (Å²) in [5.74, 6) is 1.07. The molecule has 4 rings (SSSR count). The number of piperidine rings is 2. The van der Waals surface area contributed by atoms with Crippen LogP contribution in [0.2, 0.25) is 0 Å². The van der Waals surface area contributed by atoms with E-state index in [1.54, 1.807) is 7.11 Å². The van der Waals surface area contributed by atoms with Crippen LogP contribution in [0.5, 0.6) is 5.75 Å². The highest BCUT2D eigenvalue weighted by molar-refractivity contribution is 5.98. The second kappa shape index (κ2) is 9.73. The molecule has 2 fully saturated rings. The maximum atomic E-state index is 12.9. The molecule has 2 unspecified atom stereocenters. The van der Waals surface area contributed by atoms with Gasteiger partial charge in [-0.05, 0) is 62.2 Å². The molecule has 0 aromatic heterocycles. The normalized spacial score (nSPS) is 23.9. The van der Waals surface area contributed by atoms with Crippen molar-refractivity contribution < 1.29 is 14.6 Å². The van der Waals surface area contributed by atoms with Gasteiger partial charge in [0.15, 0.2) is 5.78 Å². The molecule has 0 aliphatic carbocycles. The zero-order valence-corrected chi connectivity index (χ0v) is 17.7. The monoisotopic (exact) mass is 408 g/mol. The van der Waals surface area contributed by atoms with Crippen LogP contribution in [0.4, 0.5) is 0 Å². The largest absolute Gasteiger partial charge is 0.497 e. The van der Waals surface area contributed by atoms with Crippen molar-refractivity contribution in [3.63, 3.8) is 0 Å². The van der Waals surface area contributed by atoms with Crippen molar-refractivity contribution in [2.75, 3.05) is 33.3 Å². The predicted molar refractivity (Wildman–Crippen MR) is 118 cm³/mol. The number of rotatable bonds is 6. The minimum absolute atomic E-state index is 0.0656. The molecule has 2 atom stereocenters. The molecule has 0 saturated carbocycles. The number of methoxy groups -OCH3 is 1. The second-order valence-corrected chi connectivity index (χ2v) is 8.55. The number of aliphatic hydroxyl groups excluding tert-OH is 1. The molecule has 2 heterocycles. The quantitative estimate of drug-likeness (QED) is 0.744. The van der Waals surface area contributed by atoms with Crippen molar-refractivity contribution in [2.45, 2.75) is 38.0 Å². The smallest absolute Gasteiger partial charge is 0.166 e. The summed E-state index contributed by atoms with van der Waals surface area (Å²) in [5.41, 5.74) is 2.08. The van der Waals surface area contributed by atoms with Gasteiger partial charge in [0, 0.05) is 37.2 Å². The Morgan fingerprint density at radius 2 is 1.70 bits per heavy atom. The van der Waals surface area contributed by atoms with Crippen molar-refractivity contribution in [3.8, 4) is 5.75 Å². The van der Waals surface area contributed by atoms with Crippen molar-refractivity contribution in [3.05, 3.63) is 65.7 Å². The summed E-state index contributed by atoms with van der Waals surface area (Å²) < 4.78 is 5.19. The molecule has 1 N–H and O–H groups in total. The van der Waals surface area contributed by atoms with Crippen molar-refractivity contribution >= 4 is 5.78 Å². The summed E-state index contributed by atoms with van der Waals surface area (Å²) >= 11 is 0. The van der Waals surface area contributed by atoms with Crippen LogP contribution >= 0.6 is 0 Å². The van der Waals surface area contributed by atoms with E-state index >= 15 is 0 Å². The Morgan fingerprint density at radius 3 is 2.37 bits per heavy atom. The first-order valence-electron chi connectivity index (χ1n) is 11.0. The minimum Gasteiger partial charge on any atom is -0.497 e. The number of aliphatic hydroxyl groups is 1. The lowest BCUT2D eigenvalue weighted by atomic mass is 9.87. The molecule has 2 aliphatic heterocycles. The van der Waals surface area contributed by atoms with Crippen LogP contribution < -0.4 is 4.74 Å². The van der Waals surface area contributed by atoms with Gasteiger partial charge in [-0.25, -0.2) is 0 Å². The van der Waals surface area contributed by atoms with Crippen molar-refractivity contribution in [1.82, 2.24) is 9.80 Å². The van der Waals surface area contributed by atoms with E-state index < -0.39 is 0 Å². The van der Waals surface area contributed by atoms with Crippen molar-refractivity contribution in [1.29, 1.82) is 0 Å². The predicted octanol–water partition coefficient (Wildman–Crippen LogP) is 3.23. The van der Waals surface area contributed by atoms with Gasteiger partial charge in [-0.3, -0.25) is 14.6 Å². The molecule has 2 aromatic carbocycles. The van der Waals surface area contributed by atoms with E-state index in [2.05, 4.69) is 34.1 Å². The third-order valence-corrected chi connectivity index (χ3v) is 6.62. The first kappa shape index (κ1) is 21.0. The first-order chi connectivity index (χ1) is 14.6. The second-order valence-electron chi connectivity index (χ2n) is 8.55. The third kappa shape index (κ3) is 4.91. The fourth-order valence-corrected chi connectivity index (χ4v) is 4.81. The van der Waals surface area contributed by atoms with E-state index in [4.69, 9.17) is 4.74 Å². The van der Waals surface area contributed by atoms with E-state index in [1.165, 1.54) is 5.56 Å². The Balaban J connectivity index is 1.32. The van der Waals surface area contributed by atoms with Gasteiger partial charge in [-0.1, -0.05) is 30.3 Å². The summed E-state index contributed by atoms with van der Waals surface area (Å²) in [6, 6.07) is 18.1. The molecule has 160 valence electrons. The number of Topliss-reactive ketones (excluding diaryl/α,β-unsaturated/α-hetero) is 1. The maximum absolute atomic E-state index is 12.9. The van der Waals surface area contributed by atoms with Crippen LogP contribution in [0.15, 0.2) is 54.6 Å². The van der Waals surface area contributed by atoms with E-state index in [1.807, 2.05) is 30.3 Å². The number of carbonyl (C=O) groups is 1. The molecule has 0 radical (unpaired) electrons. The molecule has 0 bridgehead atoms. The lowest BCUT2D eigenvalue weighted by molar-refractivity contribution is -0.0243. The molecule has 5 heteroatoms. The Morgan fingerprint density at radius 1 is 1.00 bits per heavy atom. The molecule has 30 heavy (non-hydrogen) atoms. The van der Waals surface area contributed by atoms with Crippen LogP contribution in [0, 0.1) is 5.92 Å². The Labute approximate surface area is 179 Å². The van der Waals surface area contributed by atoms with Gasteiger partial charge < -0.3 is 9.84 Å². The highest BCUT2D eigenvalue weighted by Gasteiger charge is 2.35. The first-order valence-corrected chi connectivity index (χ1v) is 11.0. The Kier molecular flexibility index (Phi) is 6.82. The van der Waals surface area contributed by atoms with Crippen LogP contribution in [0.25, 0.3) is 0 Å². The molecule has 2 aromatic rings. The van der Waals surface area contributed by atoms with Gasteiger partial charge in [-0.15, -0.1) is 0 Å². The topological polar surface area (TPSA) is 53.0 Å². The van der Waals surface area contributed by atoms with Gasteiger partial charge in [0.1, 0.15) is 5.75 Å². The lowest BCUT2D eigenvalue weighted by Gasteiger charge is -2.44. The summed E-state index contributed by atoms with van der Waals surface area (Å²) in [6.07, 6.45) is 2.23. The van der Waals surface area contributed by atoms with Crippen LogP contribution in [0.3, 0.4) is 0 Å². The van der Waals surface area contributed by atoms with Crippen LogP contribution in [0.1, 0.15) is 35.2 Å². The van der Waals surface area contributed by atoms with E-state index in [0.717, 1.165) is 63.3 Å². The average Bonchev–Trinajstić information content (AvgIpc) is 2.81. The van der Waals surface area contributed by atoms with Crippen molar-refractivity contribution in [2.24, 2.45) is 5.92 Å². The zero-order chi connectivity index (χ0) is 20.9. The summed E-state index contributed by atoms with van der Waals surface area (Å²) in [5, 5.41) is 10.7. The molecule has 5 nitrogen and oxygen atoms in total. The highest BCUT2D eigenvalue weighted by atomic mass is 16.5. The molecular formula is C25H32N2O3. The Hall–Kier alpha value is -2.21. The number of likely N-dealkylation sites (tertiary alicyclic amines) is 2. The average molecular weight is 409 g/mol. The maximum Gasteiger partial charge on any atom is 0.166 e. The molecule has 2 aliphatic rings. The van der Waals surface area contributed by atoms with Gasteiger partial charge in [0.05, 0.1) is 13.2 Å². The van der Waals surface area contributed by atoms with E-state index in [9.17, 15) is 9.90 Å². The molecule has 2 saturated heterocycles. The van der Waals surface area contributed by atoms with E-state index in [-0.39, 0.29) is 23.8 Å². The van der Waals surface area contributed by atoms with Gasteiger partial charge >= 0.3 is 0 Å². The summed E-state index contributed by atoms with van der Waals surface area (Å²) in [4.78, 5) is 17.7. The number of nitrogens with zero attached hydrogens (tertiary/aromatic N) is 2. The Bertz CT molecular complexity index is 816. The fourth-order valence-electron chi connectivity index (χ4n) is 4.81. The van der Waals surface area contributed by atoms with E-state index in [0.29, 0.717) is 0 Å². The number of hydrogen-bond acceptors (Lipinski definition) is 5. The van der Waals surface area contributed by atoms with Gasteiger partial charge in [0.2, 0.25) is 0 Å². The van der Waals surface area contributed by atoms with Gasteiger partial charge in [0.25, 0.3) is 0 Å². The standard InChI is InChI=1S/C25H32N2O3/c1-30-22-9-7-20(8-10-22)25(29)21-11-15-27(16-12-21)23-18-26(14-13-24(23)28)17-19-5-3-2-4-6-19/h2-10,21,23-24,28H,11-18H2,1H3. The lowest BCUT2D eigenvalue weighted by Crippen LogP contribution is -2.56. The SMILES string of the molecule is COc1ccc(C(=O)C2CCN(C3CN(Cc4ccccc4)CCC3O)CC2)cc1. The zero-order valence-electron chi connectivity index (χ0n) is 17.7. The van der Waals surface area contributed by atoms with Crippen LogP contribution in [-0.4, -0.2) is 66.1 Å². The number of carbonyl (C=O) groups excluding carboxylic acids is 1. The number of ether oxygens (including phenoxy) is 1. The van der Waals surface area contributed by atoms with Crippen LogP contribution in [-0.2, 0) is 6.54 Å². The number of ketones is 1. The number of hydrogen-bond donors (Lipinski definition) is 1. The molecular weight excluding hydrogens is 376 g/mol. The summed E-state index contributed by atoms with van der Waals surface area (Å²) in [7, 11) is 1.63. The molecule has 0 spiro atoms. The van der Waals surface area contributed by atoms with Gasteiger partial charge in [-0.2, -0.15) is 0 Å². The molecule has 0 amide bonds. The number of benzene rings is 2. The minimum atomic E-state index is -0.286. The third-order valence-electron chi connectivity index (χ3n) is 6.62.